The Morgan fingerprint density at radius 1 is 1.29 bits per heavy atom. The predicted octanol–water partition coefficient (Wildman–Crippen LogP) is 2.88. The number of aromatic nitrogens is 4. The Hall–Kier alpha value is -1.42. The SMILES string of the molecule is CCc1nc(-c2cnn(CC)c2)nc(Cl)c1C. The number of hydrogen-bond donors (Lipinski definition) is 0. The molecule has 0 amide bonds. The normalized spacial score (nSPS) is 10.8. The van der Waals surface area contributed by atoms with Crippen LogP contribution in [0.5, 0.6) is 0 Å². The molecule has 4 nitrogen and oxygen atoms in total. The Kier molecular flexibility index (Phi) is 3.43. The molecule has 0 aliphatic rings. The minimum atomic E-state index is 0.524. The molecule has 0 N–H and O–H groups in total. The van der Waals surface area contributed by atoms with Crippen molar-refractivity contribution in [1.82, 2.24) is 19.7 Å². The van der Waals surface area contributed by atoms with Crippen LogP contribution in [0.2, 0.25) is 5.15 Å². The lowest BCUT2D eigenvalue weighted by atomic mass is 10.2. The van der Waals surface area contributed by atoms with Crippen LogP contribution >= 0.6 is 11.6 Å². The third-order valence-corrected chi connectivity index (χ3v) is 3.11. The van der Waals surface area contributed by atoms with Crippen molar-refractivity contribution < 1.29 is 0 Å². The van der Waals surface area contributed by atoms with Crippen molar-refractivity contribution >= 4 is 11.6 Å². The molecule has 17 heavy (non-hydrogen) atoms. The summed E-state index contributed by atoms with van der Waals surface area (Å²) in [5.74, 6) is 0.650. The highest BCUT2D eigenvalue weighted by Crippen LogP contribution is 2.21. The van der Waals surface area contributed by atoms with Gasteiger partial charge >= 0.3 is 0 Å². The third kappa shape index (κ3) is 2.31. The number of hydrogen-bond acceptors (Lipinski definition) is 3. The van der Waals surface area contributed by atoms with Crippen LogP contribution < -0.4 is 0 Å². The molecule has 5 heteroatoms. The fraction of sp³-hybridized carbons (Fsp3) is 0.417. The summed E-state index contributed by atoms with van der Waals surface area (Å²) in [4.78, 5) is 8.82. The van der Waals surface area contributed by atoms with E-state index >= 15 is 0 Å². The summed E-state index contributed by atoms with van der Waals surface area (Å²) in [5.41, 5.74) is 2.86. The molecular formula is C12H15ClN4. The van der Waals surface area contributed by atoms with Crippen molar-refractivity contribution in [2.45, 2.75) is 33.7 Å². The minimum absolute atomic E-state index is 0.524. The van der Waals surface area contributed by atoms with Gasteiger partial charge in [0.15, 0.2) is 5.82 Å². The summed E-state index contributed by atoms with van der Waals surface area (Å²) >= 11 is 6.11. The molecule has 0 radical (unpaired) electrons. The highest BCUT2D eigenvalue weighted by Gasteiger charge is 2.10. The van der Waals surface area contributed by atoms with Crippen LogP contribution in [-0.4, -0.2) is 19.7 Å². The van der Waals surface area contributed by atoms with E-state index in [0.29, 0.717) is 11.0 Å². The van der Waals surface area contributed by atoms with E-state index in [1.807, 2.05) is 24.7 Å². The molecule has 2 heterocycles. The second-order valence-corrected chi connectivity index (χ2v) is 4.21. The maximum Gasteiger partial charge on any atom is 0.164 e. The molecule has 0 aliphatic heterocycles. The van der Waals surface area contributed by atoms with Gasteiger partial charge in [-0.15, -0.1) is 0 Å². The Balaban J connectivity index is 2.48. The van der Waals surface area contributed by atoms with Crippen molar-refractivity contribution in [3.63, 3.8) is 0 Å². The quantitative estimate of drug-likeness (QED) is 0.787. The van der Waals surface area contributed by atoms with E-state index in [9.17, 15) is 0 Å². The Morgan fingerprint density at radius 2 is 2.06 bits per heavy atom. The van der Waals surface area contributed by atoms with Gasteiger partial charge in [-0.25, -0.2) is 9.97 Å². The summed E-state index contributed by atoms with van der Waals surface area (Å²) in [6.45, 7) is 6.88. The minimum Gasteiger partial charge on any atom is -0.272 e. The van der Waals surface area contributed by atoms with Crippen LogP contribution in [0.1, 0.15) is 25.1 Å². The Labute approximate surface area is 106 Å². The summed E-state index contributed by atoms with van der Waals surface area (Å²) in [7, 11) is 0. The lowest BCUT2D eigenvalue weighted by Gasteiger charge is -2.06. The van der Waals surface area contributed by atoms with Gasteiger partial charge in [-0.2, -0.15) is 5.10 Å². The summed E-state index contributed by atoms with van der Waals surface area (Å²) in [6, 6.07) is 0. The van der Waals surface area contributed by atoms with E-state index in [4.69, 9.17) is 11.6 Å². The molecule has 0 spiro atoms. The van der Waals surface area contributed by atoms with Gasteiger partial charge in [0, 0.05) is 24.0 Å². The van der Waals surface area contributed by atoms with Crippen LogP contribution in [0, 0.1) is 6.92 Å². The third-order valence-electron chi connectivity index (χ3n) is 2.74. The predicted molar refractivity (Wildman–Crippen MR) is 68.1 cm³/mol. The molecule has 2 aromatic heterocycles. The van der Waals surface area contributed by atoms with Crippen LogP contribution in [0.3, 0.4) is 0 Å². The Bertz CT molecular complexity index is 533. The monoisotopic (exact) mass is 250 g/mol. The van der Waals surface area contributed by atoms with Crippen molar-refractivity contribution in [3.8, 4) is 11.4 Å². The average molecular weight is 251 g/mol. The van der Waals surface area contributed by atoms with Crippen molar-refractivity contribution in [1.29, 1.82) is 0 Å². The first-order valence-corrected chi connectivity index (χ1v) is 6.09. The average Bonchev–Trinajstić information content (AvgIpc) is 2.81. The van der Waals surface area contributed by atoms with Crippen molar-refractivity contribution in [2.24, 2.45) is 0 Å². The maximum atomic E-state index is 6.11. The first kappa shape index (κ1) is 12.0. The summed E-state index contributed by atoms with van der Waals surface area (Å²) in [5, 5.41) is 4.74. The second kappa shape index (κ2) is 4.84. The van der Waals surface area contributed by atoms with E-state index in [1.165, 1.54) is 0 Å². The number of nitrogens with zero attached hydrogens (tertiary/aromatic N) is 4. The Morgan fingerprint density at radius 3 is 2.65 bits per heavy atom. The first-order chi connectivity index (χ1) is 8.15. The second-order valence-electron chi connectivity index (χ2n) is 3.85. The van der Waals surface area contributed by atoms with Gasteiger partial charge in [0.25, 0.3) is 0 Å². The molecule has 0 saturated heterocycles. The maximum absolute atomic E-state index is 6.11. The van der Waals surface area contributed by atoms with Crippen LogP contribution in [0.15, 0.2) is 12.4 Å². The topological polar surface area (TPSA) is 43.6 Å². The summed E-state index contributed by atoms with van der Waals surface area (Å²) in [6.07, 6.45) is 4.55. The van der Waals surface area contributed by atoms with Gasteiger partial charge in [-0.1, -0.05) is 18.5 Å². The molecule has 2 rings (SSSR count). The molecule has 0 atom stereocenters. The number of rotatable bonds is 3. The first-order valence-electron chi connectivity index (χ1n) is 5.71. The summed E-state index contributed by atoms with van der Waals surface area (Å²) < 4.78 is 1.85. The lowest BCUT2D eigenvalue weighted by molar-refractivity contribution is 0.660. The molecule has 0 aliphatic carbocycles. The zero-order valence-electron chi connectivity index (χ0n) is 10.2. The van der Waals surface area contributed by atoms with Crippen LogP contribution in [0.4, 0.5) is 0 Å². The highest BCUT2D eigenvalue weighted by atomic mass is 35.5. The standard InChI is InChI=1S/C12H15ClN4/c1-4-10-8(3)11(13)16-12(15-10)9-6-14-17(5-2)7-9/h6-7H,4-5H2,1-3H3. The molecule has 0 fully saturated rings. The largest absolute Gasteiger partial charge is 0.272 e. The lowest BCUT2D eigenvalue weighted by Crippen LogP contribution is -1.99. The highest BCUT2D eigenvalue weighted by molar-refractivity contribution is 6.30. The smallest absolute Gasteiger partial charge is 0.164 e. The molecule has 0 aromatic carbocycles. The van der Waals surface area contributed by atoms with Crippen molar-refractivity contribution in [3.05, 3.63) is 28.8 Å². The van der Waals surface area contributed by atoms with Gasteiger partial charge in [0.2, 0.25) is 0 Å². The molecule has 0 unspecified atom stereocenters. The van der Waals surface area contributed by atoms with Gasteiger partial charge in [-0.05, 0) is 20.3 Å². The molecule has 2 aromatic rings. The van der Waals surface area contributed by atoms with Gasteiger partial charge in [-0.3, -0.25) is 4.68 Å². The zero-order valence-corrected chi connectivity index (χ0v) is 11.0. The van der Waals surface area contributed by atoms with E-state index in [-0.39, 0.29) is 0 Å². The van der Waals surface area contributed by atoms with Gasteiger partial charge < -0.3 is 0 Å². The van der Waals surface area contributed by atoms with E-state index in [1.54, 1.807) is 6.20 Å². The fourth-order valence-electron chi connectivity index (χ4n) is 1.66. The van der Waals surface area contributed by atoms with Crippen molar-refractivity contribution in [2.75, 3.05) is 0 Å². The number of aryl methyl sites for hydroxylation is 2. The van der Waals surface area contributed by atoms with Crippen LogP contribution in [-0.2, 0) is 13.0 Å². The van der Waals surface area contributed by atoms with Crippen LogP contribution in [0.25, 0.3) is 11.4 Å². The molecular weight excluding hydrogens is 236 g/mol. The zero-order chi connectivity index (χ0) is 12.4. The van der Waals surface area contributed by atoms with Gasteiger partial charge in [0.05, 0.1) is 11.8 Å². The van der Waals surface area contributed by atoms with E-state index < -0.39 is 0 Å². The van der Waals surface area contributed by atoms with Gasteiger partial charge in [0.1, 0.15) is 5.15 Å². The molecule has 0 bridgehead atoms. The van der Waals surface area contributed by atoms with E-state index in [2.05, 4.69) is 22.0 Å². The van der Waals surface area contributed by atoms with E-state index in [0.717, 1.165) is 29.8 Å². The molecule has 90 valence electrons. The fourth-order valence-corrected chi connectivity index (χ4v) is 1.85. The number of halogens is 1. The molecule has 0 saturated carbocycles.